The molecular weight excluding hydrogens is 268 g/mol. The van der Waals surface area contributed by atoms with Gasteiger partial charge in [-0.2, -0.15) is 0 Å². The van der Waals surface area contributed by atoms with E-state index in [1.54, 1.807) is 12.1 Å². The minimum Gasteiger partial charge on any atom is -0.490 e. The fourth-order valence-electron chi connectivity index (χ4n) is 1.84. The van der Waals surface area contributed by atoms with Crippen LogP contribution in [0, 0.1) is 5.39 Å². The van der Waals surface area contributed by atoms with Crippen molar-refractivity contribution in [2.75, 3.05) is 13.2 Å². The van der Waals surface area contributed by atoms with Crippen molar-refractivity contribution in [1.29, 1.82) is 5.39 Å². The summed E-state index contributed by atoms with van der Waals surface area (Å²) >= 11 is 0. The molecule has 0 amide bonds. The molecule has 0 atom stereocenters. The lowest BCUT2D eigenvalue weighted by Gasteiger charge is -2.12. The van der Waals surface area contributed by atoms with Crippen LogP contribution in [-0.4, -0.2) is 13.2 Å². The van der Waals surface area contributed by atoms with Crippen molar-refractivity contribution in [3.63, 3.8) is 0 Å². The first-order chi connectivity index (χ1) is 10.3. The second-order valence-corrected chi connectivity index (χ2v) is 4.15. The molecule has 5 nitrogen and oxygen atoms in total. The topological polar surface area (TPSA) is 55.8 Å². The zero-order chi connectivity index (χ0) is 15.1. The van der Waals surface area contributed by atoms with Crippen molar-refractivity contribution in [3.05, 3.63) is 47.4 Å². The van der Waals surface area contributed by atoms with Gasteiger partial charge >= 0.3 is 5.69 Å². The lowest BCUT2D eigenvalue weighted by Crippen LogP contribution is -1.97. The van der Waals surface area contributed by atoms with E-state index in [1.165, 1.54) is 0 Å². The smallest absolute Gasteiger partial charge is 0.430 e. The van der Waals surface area contributed by atoms with E-state index in [1.807, 2.05) is 44.2 Å². The number of hydrogen-bond acceptors (Lipinski definition) is 4. The first kappa shape index (κ1) is 14.7. The van der Waals surface area contributed by atoms with Crippen molar-refractivity contribution >= 4 is 5.69 Å². The molecule has 2 aromatic rings. The summed E-state index contributed by atoms with van der Waals surface area (Å²) in [6.45, 7) is 4.67. The summed E-state index contributed by atoms with van der Waals surface area (Å²) in [6, 6.07) is 12.6. The van der Waals surface area contributed by atoms with Gasteiger partial charge in [0.1, 0.15) is 5.75 Å². The van der Waals surface area contributed by atoms with E-state index in [0.29, 0.717) is 41.9 Å². The van der Waals surface area contributed by atoms with Gasteiger partial charge in [0.2, 0.25) is 11.1 Å². The monoisotopic (exact) mass is 285 g/mol. The quantitative estimate of drug-likeness (QED) is 0.718. The second-order valence-electron chi connectivity index (χ2n) is 4.15. The Morgan fingerprint density at radius 1 is 0.905 bits per heavy atom. The Labute approximate surface area is 123 Å². The van der Waals surface area contributed by atoms with Gasteiger partial charge in [0.05, 0.1) is 19.3 Å². The minimum absolute atomic E-state index is 0.306. The Morgan fingerprint density at radius 2 is 1.57 bits per heavy atom. The Balaban J connectivity index is 2.41. The van der Waals surface area contributed by atoms with Gasteiger partial charge in [-0.1, -0.05) is 18.2 Å². The second kappa shape index (κ2) is 7.15. The highest BCUT2D eigenvalue weighted by Crippen LogP contribution is 2.41. The summed E-state index contributed by atoms with van der Waals surface area (Å²) in [5.41, 5.74) is 0.306. The maximum atomic E-state index is 9.07. The predicted molar refractivity (Wildman–Crippen MR) is 80.0 cm³/mol. The average molecular weight is 285 g/mol. The van der Waals surface area contributed by atoms with Crippen molar-refractivity contribution in [2.24, 2.45) is 0 Å². The molecule has 2 aromatic carbocycles. The van der Waals surface area contributed by atoms with E-state index in [-0.39, 0.29) is 0 Å². The van der Waals surface area contributed by atoms with Crippen LogP contribution in [0.1, 0.15) is 13.8 Å². The minimum atomic E-state index is 0.306. The van der Waals surface area contributed by atoms with Crippen LogP contribution in [0.15, 0.2) is 42.5 Å². The maximum Gasteiger partial charge on any atom is 0.430 e. The largest absolute Gasteiger partial charge is 0.490 e. The molecule has 0 aliphatic carbocycles. The van der Waals surface area contributed by atoms with Crippen LogP contribution in [0.2, 0.25) is 0 Å². The average Bonchev–Trinajstić information content (AvgIpc) is 2.51. The fourth-order valence-corrected chi connectivity index (χ4v) is 1.84. The van der Waals surface area contributed by atoms with Crippen LogP contribution in [0.4, 0.5) is 5.69 Å². The number of diazo groups is 1. The number of hydrogen-bond donors (Lipinski definition) is 0. The van der Waals surface area contributed by atoms with Gasteiger partial charge in [-0.15, -0.1) is 0 Å². The summed E-state index contributed by atoms with van der Waals surface area (Å²) < 4.78 is 16.8. The van der Waals surface area contributed by atoms with Crippen molar-refractivity contribution in [2.45, 2.75) is 13.8 Å². The predicted octanol–water partition coefficient (Wildman–Crippen LogP) is 4.76. The van der Waals surface area contributed by atoms with E-state index in [9.17, 15) is 0 Å². The number of rotatable bonds is 6. The van der Waals surface area contributed by atoms with E-state index >= 15 is 0 Å². The molecule has 0 spiro atoms. The molecule has 0 fully saturated rings. The third-order valence-corrected chi connectivity index (χ3v) is 2.70. The van der Waals surface area contributed by atoms with E-state index in [0.717, 1.165) is 0 Å². The molecule has 0 radical (unpaired) electrons. The third-order valence-electron chi connectivity index (χ3n) is 2.70. The SMILES string of the molecule is CCOc1cc(Oc2ccccc2)c(OCC)cc1[N+]#N. The maximum absolute atomic E-state index is 9.07. The molecule has 0 N–H and O–H groups in total. The molecule has 0 bridgehead atoms. The van der Waals surface area contributed by atoms with Crippen molar-refractivity contribution < 1.29 is 14.2 Å². The van der Waals surface area contributed by atoms with Crippen LogP contribution in [0.25, 0.3) is 4.98 Å². The van der Waals surface area contributed by atoms with Gasteiger partial charge < -0.3 is 14.2 Å². The number of nitrogens with zero attached hydrogens (tertiary/aromatic N) is 2. The lowest BCUT2D eigenvalue weighted by molar-refractivity contribution is 0.315. The van der Waals surface area contributed by atoms with E-state index in [4.69, 9.17) is 19.6 Å². The van der Waals surface area contributed by atoms with E-state index in [2.05, 4.69) is 4.98 Å². The summed E-state index contributed by atoms with van der Waals surface area (Å²) in [6.07, 6.45) is 0. The summed E-state index contributed by atoms with van der Waals surface area (Å²) in [5.74, 6) is 2.14. The Morgan fingerprint density at radius 3 is 2.19 bits per heavy atom. The van der Waals surface area contributed by atoms with Crippen LogP contribution >= 0.6 is 0 Å². The zero-order valence-corrected chi connectivity index (χ0v) is 12.1. The molecule has 5 heteroatoms. The van der Waals surface area contributed by atoms with Crippen LogP contribution < -0.4 is 14.2 Å². The third kappa shape index (κ3) is 3.63. The highest BCUT2D eigenvalue weighted by molar-refractivity contribution is 5.65. The molecule has 0 heterocycles. The first-order valence-electron chi connectivity index (χ1n) is 6.80. The first-order valence-corrected chi connectivity index (χ1v) is 6.80. The molecule has 0 aliphatic heterocycles. The molecule has 2 rings (SSSR count). The van der Waals surface area contributed by atoms with Gasteiger partial charge in [-0.05, 0) is 26.0 Å². The number of benzene rings is 2. The Hall–Kier alpha value is -2.74. The molecule has 0 unspecified atom stereocenters. The van der Waals surface area contributed by atoms with Gasteiger partial charge in [0.15, 0.2) is 16.5 Å². The number of para-hydroxylation sites is 1. The molecule has 108 valence electrons. The van der Waals surface area contributed by atoms with Crippen molar-refractivity contribution in [1.82, 2.24) is 0 Å². The summed E-state index contributed by atoms with van der Waals surface area (Å²) in [5, 5.41) is 9.07. The normalized spacial score (nSPS) is 9.76. The van der Waals surface area contributed by atoms with E-state index < -0.39 is 0 Å². The van der Waals surface area contributed by atoms with Gasteiger partial charge in [0.25, 0.3) is 0 Å². The van der Waals surface area contributed by atoms with Gasteiger partial charge in [-0.3, -0.25) is 0 Å². The molecule has 0 aliphatic rings. The Bertz CT molecular complexity index is 636. The highest BCUT2D eigenvalue weighted by Gasteiger charge is 2.22. The van der Waals surface area contributed by atoms with Gasteiger partial charge in [0, 0.05) is 6.07 Å². The fraction of sp³-hybridized carbons (Fsp3) is 0.250. The van der Waals surface area contributed by atoms with Gasteiger partial charge in [-0.25, -0.2) is 0 Å². The highest BCUT2D eigenvalue weighted by atomic mass is 16.5. The number of ether oxygens (including phenoxy) is 3. The Kier molecular flexibility index (Phi) is 4.99. The summed E-state index contributed by atoms with van der Waals surface area (Å²) in [7, 11) is 0. The molecule has 0 saturated heterocycles. The lowest BCUT2D eigenvalue weighted by atomic mass is 10.2. The molecular formula is C16H17N2O3+. The van der Waals surface area contributed by atoms with Crippen molar-refractivity contribution in [3.8, 4) is 23.0 Å². The molecule has 0 aromatic heterocycles. The zero-order valence-electron chi connectivity index (χ0n) is 12.1. The van der Waals surface area contributed by atoms with Crippen LogP contribution in [0.3, 0.4) is 0 Å². The molecule has 21 heavy (non-hydrogen) atoms. The van der Waals surface area contributed by atoms with Crippen LogP contribution in [0.5, 0.6) is 23.0 Å². The summed E-state index contributed by atoms with van der Waals surface area (Å²) in [4.78, 5) is 3.22. The molecule has 0 saturated carbocycles. The standard InChI is InChI=1S/C16H17N2O3/c1-3-19-14-11-16(21-12-8-6-5-7-9-12)15(20-4-2)10-13(14)18-17/h5-11H,3-4H2,1-2H3/q+1. The van der Waals surface area contributed by atoms with Crippen LogP contribution in [-0.2, 0) is 0 Å².